The first-order chi connectivity index (χ1) is 11.9. The van der Waals surface area contributed by atoms with E-state index in [-0.39, 0.29) is 18.1 Å². The van der Waals surface area contributed by atoms with E-state index < -0.39 is 0 Å². The molecule has 0 saturated carbocycles. The minimum absolute atomic E-state index is 0.107. The number of hydrogen-bond donors (Lipinski definition) is 1. The van der Waals surface area contributed by atoms with Crippen LogP contribution in [0.4, 0.5) is 5.82 Å². The number of para-hydroxylation sites is 1. The maximum absolute atomic E-state index is 12.1. The van der Waals surface area contributed by atoms with E-state index >= 15 is 0 Å². The van der Waals surface area contributed by atoms with Crippen molar-refractivity contribution in [1.82, 2.24) is 4.98 Å². The predicted octanol–water partition coefficient (Wildman–Crippen LogP) is 3.76. The molecule has 0 saturated heterocycles. The van der Waals surface area contributed by atoms with E-state index in [9.17, 15) is 4.79 Å². The van der Waals surface area contributed by atoms with Gasteiger partial charge in [0, 0.05) is 17.7 Å². The van der Waals surface area contributed by atoms with Crippen LogP contribution in [0.2, 0.25) is 0 Å². The Hall–Kier alpha value is -2.82. The summed E-state index contributed by atoms with van der Waals surface area (Å²) in [7, 11) is 0. The van der Waals surface area contributed by atoms with Gasteiger partial charge in [-0.3, -0.25) is 4.79 Å². The van der Waals surface area contributed by atoms with Gasteiger partial charge in [0.05, 0.1) is 0 Å². The number of ether oxygens (including phenoxy) is 2. The molecule has 1 aromatic carbocycles. The van der Waals surface area contributed by atoms with Gasteiger partial charge in [0.15, 0.2) is 18.1 Å². The first kappa shape index (κ1) is 17.0. The van der Waals surface area contributed by atoms with Crippen molar-refractivity contribution in [3.05, 3.63) is 53.7 Å². The Bertz CT molecular complexity index is 828. The first-order valence-electron chi connectivity index (χ1n) is 8.21. The highest BCUT2D eigenvalue weighted by Gasteiger charge is 2.32. The van der Waals surface area contributed by atoms with Crippen LogP contribution in [-0.4, -0.2) is 23.1 Å². The van der Waals surface area contributed by atoms with E-state index in [1.54, 1.807) is 12.1 Å². The maximum Gasteiger partial charge on any atom is 0.263 e. The third-order valence-corrected chi connectivity index (χ3v) is 4.03. The number of aryl methyl sites for hydroxylation is 1. The van der Waals surface area contributed by atoms with E-state index in [0.29, 0.717) is 11.6 Å². The summed E-state index contributed by atoms with van der Waals surface area (Å²) < 4.78 is 11.6. The second-order valence-corrected chi connectivity index (χ2v) is 6.70. The normalized spacial score (nSPS) is 14.4. The molecule has 0 aliphatic carbocycles. The zero-order valence-corrected chi connectivity index (χ0v) is 14.8. The molecule has 3 rings (SSSR count). The number of amides is 1. The molecule has 1 aliphatic heterocycles. The number of nitrogens with zero attached hydrogens (tertiary/aromatic N) is 1. The van der Waals surface area contributed by atoms with Crippen LogP contribution in [0.5, 0.6) is 11.5 Å². The van der Waals surface area contributed by atoms with Crippen molar-refractivity contribution in [1.29, 1.82) is 0 Å². The summed E-state index contributed by atoms with van der Waals surface area (Å²) in [4.78, 5) is 16.5. The van der Waals surface area contributed by atoms with Gasteiger partial charge in [-0.1, -0.05) is 24.8 Å². The monoisotopic (exact) mass is 338 g/mol. The fourth-order valence-electron chi connectivity index (χ4n) is 2.88. The van der Waals surface area contributed by atoms with Crippen LogP contribution in [0, 0.1) is 6.92 Å². The van der Waals surface area contributed by atoms with Gasteiger partial charge in [0.1, 0.15) is 11.4 Å². The molecule has 0 atom stereocenters. The summed E-state index contributed by atoms with van der Waals surface area (Å²) in [6.45, 7) is 9.55. The molecule has 2 aromatic rings. The lowest BCUT2D eigenvalue weighted by molar-refractivity contribution is -0.118. The molecular formula is C20H22N2O3. The molecule has 25 heavy (non-hydrogen) atoms. The summed E-state index contributed by atoms with van der Waals surface area (Å²) in [6, 6.07) is 9.36. The van der Waals surface area contributed by atoms with Crippen LogP contribution in [0.25, 0.3) is 6.08 Å². The largest absolute Gasteiger partial charge is 0.483 e. The lowest BCUT2D eigenvalue weighted by atomic mass is 10.0. The van der Waals surface area contributed by atoms with Crippen molar-refractivity contribution < 1.29 is 14.3 Å². The molecule has 0 bridgehead atoms. The van der Waals surface area contributed by atoms with Gasteiger partial charge in [-0.05, 0) is 44.5 Å². The van der Waals surface area contributed by atoms with Gasteiger partial charge in [-0.15, -0.1) is 0 Å². The molecule has 1 aromatic heterocycles. The van der Waals surface area contributed by atoms with E-state index in [4.69, 9.17) is 9.47 Å². The third kappa shape index (κ3) is 3.82. The third-order valence-electron chi connectivity index (χ3n) is 4.03. The summed E-state index contributed by atoms with van der Waals surface area (Å²) in [5.74, 6) is 1.54. The van der Waals surface area contributed by atoms with Gasteiger partial charge < -0.3 is 14.8 Å². The van der Waals surface area contributed by atoms with E-state index in [1.165, 1.54) is 0 Å². The van der Waals surface area contributed by atoms with Crippen molar-refractivity contribution in [3.8, 4) is 11.5 Å². The molecule has 0 radical (unpaired) electrons. The highest BCUT2D eigenvalue weighted by atomic mass is 16.5. The average molecular weight is 338 g/mol. The molecule has 1 N–H and O–H groups in total. The maximum atomic E-state index is 12.1. The number of anilines is 1. The molecule has 130 valence electrons. The molecule has 5 nitrogen and oxygen atoms in total. The van der Waals surface area contributed by atoms with Crippen LogP contribution in [-0.2, 0) is 11.2 Å². The molecular weight excluding hydrogens is 316 g/mol. The Morgan fingerprint density at radius 1 is 1.40 bits per heavy atom. The van der Waals surface area contributed by atoms with Crippen LogP contribution in [0.1, 0.15) is 30.7 Å². The molecule has 0 fully saturated rings. The molecule has 2 heterocycles. The number of hydrogen-bond acceptors (Lipinski definition) is 4. The van der Waals surface area contributed by atoms with Crippen LogP contribution >= 0.6 is 0 Å². The number of benzene rings is 1. The van der Waals surface area contributed by atoms with Crippen molar-refractivity contribution >= 4 is 17.8 Å². The molecule has 0 spiro atoms. The lowest BCUT2D eigenvalue weighted by Crippen LogP contribution is -2.25. The SMILES string of the molecule is C=Cc1ccc(NC(=O)COc2cccc3c2OC(C)(C)C3)nc1C. The average Bonchev–Trinajstić information content (AvgIpc) is 2.87. The van der Waals surface area contributed by atoms with E-state index in [2.05, 4.69) is 16.9 Å². The molecule has 0 unspecified atom stereocenters. The Labute approximate surface area is 147 Å². The predicted molar refractivity (Wildman–Crippen MR) is 98.0 cm³/mol. The molecule has 1 amide bonds. The Kier molecular flexibility index (Phi) is 4.49. The second kappa shape index (κ2) is 6.59. The van der Waals surface area contributed by atoms with Crippen molar-refractivity contribution in [2.45, 2.75) is 32.8 Å². The summed E-state index contributed by atoms with van der Waals surface area (Å²) >= 11 is 0. The summed E-state index contributed by atoms with van der Waals surface area (Å²) in [5.41, 5.74) is 2.59. The van der Waals surface area contributed by atoms with Crippen LogP contribution in [0.3, 0.4) is 0 Å². The van der Waals surface area contributed by atoms with Gasteiger partial charge in [0.25, 0.3) is 5.91 Å². The minimum Gasteiger partial charge on any atom is -0.483 e. The molecule has 1 aliphatic rings. The standard InChI is InChI=1S/C20H22N2O3/c1-5-14-9-10-17(21-13(14)2)22-18(23)12-24-16-8-6-7-15-11-20(3,4)25-19(15)16/h5-10H,1,11-12H2,2-4H3,(H,21,22,23). The highest BCUT2D eigenvalue weighted by molar-refractivity contribution is 5.91. The van der Waals surface area contributed by atoms with Gasteiger partial charge >= 0.3 is 0 Å². The van der Waals surface area contributed by atoms with Gasteiger partial charge in [0.2, 0.25) is 0 Å². The fourth-order valence-corrected chi connectivity index (χ4v) is 2.88. The minimum atomic E-state index is -0.270. The second-order valence-electron chi connectivity index (χ2n) is 6.70. The first-order valence-corrected chi connectivity index (χ1v) is 8.21. The van der Waals surface area contributed by atoms with Crippen molar-refractivity contribution in [2.24, 2.45) is 0 Å². The summed E-state index contributed by atoms with van der Waals surface area (Å²) in [5, 5.41) is 2.74. The van der Waals surface area contributed by atoms with Gasteiger partial charge in [-0.25, -0.2) is 4.98 Å². The Morgan fingerprint density at radius 3 is 2.92 bits per heavy atom. The fraction of sp³-hybridized carbons (Fsp3) is 0.300. The van der Waals surface area contributed by atoms with Gasteiger partial charge in [-0.2, -0.15) is 0 Å². The van der Waals surface area contributed by atoms with E-state index in [0.717, 1.165) is 29.0 Å². The number of aromatic nitrogens is 1. The number of nitrogens with one attached hydrogen (secondary N) is 1. The van der Waals surface area contributed by atoms with Crippen LogP contribution in [0.15, 0.2) is 36.9 Å². The lowest BCUT2D eigenvalue weighted by Gasteiger charge is -2.18. The van der Waals surface area contributed by atoms with Crippen molar-refractivity contribution in [3.63, 3.8) is 0 Å². The smallest absolute Gasteiger partial charge is 0.263 e. The number of carbonyl (C=O) groups is 1. The summed E-state index contributed by atoms with van der Waals surface area (Å²) in [6.07, 6.45) is 2.55. The Balaban J connectivity index is 1.63. The Morgan fingerprint density at radius 2 is 2.20 bits per heavy atom. The quantitative estimate of drug-likeness (QED) is 0.902. The number of pyridine rings is 1. The number of carbonyl (C=O) groups excluding carboxylic acids is 1. The van der Waals surface area contributed by atoms with Crippen molar-refractivity contribution in [2.75, 3.05) is 11.9 Å². The zero-order chi connectivity index (χ0) is 18.0. The van der Waals surface area contributed by atoms with E-state index in [1.807, 2.05) is 45.0 Å². The topological polar surface area (TPSA) is 60.5 Å². The molecule has 5 heteroatoms. The number of rotatable bonds is 5. The number of fused-ring (bicyclic) bond motifs is 1. The highest BCUT2D eigenvalue weighted by Crippen LogP contribution is 2.41. The van der Waals surface area contributed by atoms with Crippen LogP contribution < -0.4 is 14.8 Å². The zero-order valence-electron chi connectivity index (χ0n) is 14.8.